The summed E-state index contributed by atoms with van der Waals surface area (Å²) in [6.45, 7) is 1.08. The number of amides is 1. The molecule has 1 aliphatic carbocycles. The Kier molecular flexibility index (Phi) is 4.68. The molecule has 0 aromatic heterocycles. The van der Waals surface area contributed by atoms with E-state index in [2.05, 4.69) is 0 Å². The standard InChI is InChI=1S/C24H22N2O4S/c1-25-22(21-20(24(25)28)15-17-7-3-4-8-19(17)23(21)27)16-9-11-18(12-10-16)31(29,30)26-13-5-2-6-14-26/h3-4,7-12,15H,2,5-6,13-14H2,1H3. The van der Waals surface area contributed by atoms with E-state index in [1.165, 1.54) is 9.21 Å². The fraction of sp³-hybridized carbons (Fsp3) is 0.250. The average molecular weight is 435 g/mol. The van der Waals surface area contributed by atoms with E-state index in [4.69, 9.17) is 0 Å². The summed E-state index contributed by atoms with van der Waals surface area (Å²) >= 11 is 0. The van der Waals surface area contributed by atoms with Crippen LogP contribution in [0, 0.1) is 0 Å². The number of ketones is 1. The minimum absolute atomic E-state index is 0.189. The second-order valence-electron chi connectivity index (χ2n) is 8.05. The van der Waals surface area contributed by atoms with Gasteiger partial charge in [0.25, 0.3) is 5.91 Å². The minimum atomic E-state index is -3.54. The summed E-state index contributed by atoms with van der Waals surface area (Å²) < 4.78 is 27.4. The van der Waals surface area contributed by atoms with Crippen molar-refractivity contribution >= 4 is 33.5 Å². The summed E-state index contributed by atoms with van der Waals surface area (Å²) in [5, 5.41) is 0. The number of benzene rings is 2. The highest BCUT2D eigenvalue weighted by atomic mass is 32.2. The Bertz CT molecular complexity index is 1270. The van der Waals surface area contributed by atoms with Crippen molar-refractivity contribution < 1.29 is 18.0 Å². The molecule has 0 unspecified atom stereocenters. The fourth-order valence-electron chi connectivity index (χ4n) is 4.55. The normalized spacial score (nSPS) is 19.4. The van der Waals surface area contributed by atoms with Crippen LogP contribution in [0.1, 0.15) is 40.7 Å². The second kappa shape index (κ2) is 7.28. The first-order chi connectivity index (χ1) is 14.9. The molecule has 0 bridgehead atoms. The number of hydrogen-bond donors (Lipinski definition) is 0. The van der Waals surface area contributed by atoms with Crippen molar-refractivity contribution in [1.82, 2.24) is 9.21 Å². The monoisotopic (exact) mass is 434 g/mol. The van der Waals surface area contributed by atoms with E-state index in [1.54, 1.807) is 49.5 Å². The molecule has 2 heterocycles. The van der Waals surface area contributed by atoms with Crippen molar-refractivity contribution in [1.29, 1.82) is 0 Å². The predicted octanol–water partition coefficient (Wildman–Crippen LogP) is 3.32. The van der Waals surface area contributed by atoms with Gasteiger partial charge in [0.15, 0.2) is 5.78 Å². The highest BCUT2D eigenvalue weighted by Gasteiger charge is 2.40. The molecule has 0 spiro atoms. The minimum Gasteiger partial charge on any atom is -0.310 e. The van der Waals surface area contributed by atoms with Gasteiger partial charge in [-0.3, -0.25) is 9.59 Å². The van der Waals surface area contributed by atoms with Crippen LogP contribution in [0.4, 0.5) is 0 Å². The SMILES string of the molecule is CN1C(=O)C2=Cc3ccccc3C(=O)C2=C1c1ccc(S(=O)(=O)N2CCCCC2)cc1. The van der Waals surface area contributed by atoms with Crippen LogP contribution >= 0.6 is 0 Å². The molecule has 31 heavy (non-hydrogen) atoms. The number of fused-ring (bicyclic) bond motifs is 2. The number of carbonyl (C=O) groups is 2. The van der Waals surface area contributed by atoms with E-state index in [-0.39, 0.29) is 16.6 Å². The summed E-state index contributed by atoms with van der Waals surface area (Å²) in [7, 11) is -1.90. The maximum Gasteiger partial charge on any atom is 0.258 e. The molecule has 0 atom stereocenters. The Morgan fingerprint density at radius 2 is 1.55 bits per heavy atom. The van der Waals surface area contributed by atoms with Gasteiger partial charge in [-0.2, -0.15) is 4.31 Å². The Labute approximate surface area is 181 Å². The van der Waals surface area contributed by atoms with Crippen molar-refractivity contribution in [3.8, 4) is 0 Å². The first-order valence-corrected chi connectivity index (χ1v) is 11.8. The summed E-state index contributed by atoms with van der Waals surface area (Å²) in [5.41, 5.74) is 3.20. The van der Waals surface area contributed by atoms with Crippen LogP contribution < -0.4 is 0 Å². The Morgan fingerprint density at radius 3 is 2.26 bits per heavy atom. The van der Waals surface area contributed by atoms with E-state index in [0.29, 0.717) is 41.1 Å². The molecular weight excluding hydrogens is 412 g/mol. The number of sulfonamides is 1. The van der Waals surface area contributed by atoms with E-state index < -0.39 is 10.0 Å². The summed E-state index contributed by atoms with van der Waals surface area (Å²) in [5.74, 6) is -0.427. The molecule has 2 aromatic carbocycles. The Hall–Kier alpha value is -3.03. The molecule has 7 heteroatoms. The number of Topliss-reactive ketones (excluding diaryl/α,β-unsaturated/α-hetero) is 1. The highest BCUT2D eigenvalue weighted by molar-refractivity contribution is 7.89. The van der Waals surface area contributed by atoms with Gasteiger partial charge in [0.2, 0.25) is 10.0 Å². The number of likely N-dealkylation sites (N-methyl/N-ethyl adjacent to an activating group) is 1. The summed E-state index contributed by atoms with van der Waals surface area (Å²) in [4.78, 5) is 27.8. The predicted molar refractivity (Wildman–Crippen MR) is 117 cm³/mol. The molecule has 2 aromatic rings. The van der Waals surface area contributed by atoms with Gasteiger partial charge >= 0.3 is 0 Å². The van der Waals surface area contributed by atoms with Crippen LogP contribution in [0.15, 0.2) is 64.6 Å². The van der Waals surface area contributed by atoms with Crippen LogP contribution in [0.5, 0.6) is 0 Å². The smallest absolute Gasteiger partial charge is 0.258 e. The Morgan fingerprint density at radius 1 is 0.871 bits per heavy atom. The number of piperidine rings is 1. The second-order valence-corrected chi connectivity index (χ2v) is 9.99. The maximum absolute atomic E-state index is 13.2. The third-order valence-corrected chi connectivity index (χ3v) is 8.10. The van der Waals surface area contributed by atoms with Crippen molar-refractivity contribution in [2.24, 2.45) is 0 Å². The first kappa shape index (κ1) is 19.9. The Balaban J connectivity index is 1.57. The first-order valence-electron chi connectivity index (χ1n) is 10.4. The van der Waals surface area contributed by atoms with Gasteiger partial charge in [0.1, 0.15) is 0 Å². The third-order valence-electron chi connectivity index (χ3n) is 6.19. The van der Waals surface area contributed by atoms with Crippen LogP contribution in [0.25, 0.3) is 11.8 Å². The van der Waals surface area contributed by atoms with Gasteiger partial charge in [-0.25, -0.2) is 8.42 Å². The van der Waals surface area contributed by atoms with Gasteiger partial charge in [-0.1, -0.05) is 42.8 Å². The summed E-state index contributed by atoms with van der Waals surface area (Å²) in [6, 6.07) is 13.7. The molecule has 5 rings (SSSR count). The molecule has 158 valence electrons. The van der Waals surface area contributed by atoms with Gasteiger partial charge in [0.05, 0.1) is 21.7 Å². The number of hydrogen-bond acceptors (Lipinski definition) is 4. The van der Waals surface area contributed by atoms with E-state index in [0.717, 1.165) is 24.8 Å². The quantitative estimate of drug-likeness (QED) is 0.743. The van der Waals surface area contributed by atoms with E-state index >= 15 is 0 Å². The maximum atomic E-state index is 13.2. The molecule has 6 nitrogen and oxygen atoms in total. The number of rotatable bonds is 3. The van der Waals surface area contributed by atoms with Crippen molar-refractivity contribution in [2.75, 3.05) is 20.1 Å². The molecule has 1 saturated heterocycles. The summed E-state index contributed by atoms with van der Waals surface area (Å²) in [6.07, 6.45) is 4.56. The lowest BCUT2D eigenvalue weighted by Crippen LogP contribution is -2.35. The molecule has 2 aliphatic heterocycles. The van der Waals surface area contributed by atoms with Crippen LogP contribution in [-0.2, 0) is 14.8 Å². The molecule has 1 amide bonds. The molecule has 0 saturated carbocycles. The lowest BCUT2D eigenvalue weighted by atomic mass is 9.86. The van der Waals surface area contributed by atoms with Crippen molar-refractivity contribution in [3.63, 3.8) is 0 Å². The number of nitrogens with zero attached hydrogens (tertiary/aromatic N) is 2. The van der Waals surface area contributed by atoms with Crippen molar-refractivity contribution in [2.45, 2.75) is 24.2 Å². The van der Waals surface area contributed by atoms with Gasteiger partial charge < -0.3 is 4.90 Å². The molecule has 0 N–H and O–H groups in total. The largest absolute Gasteiger partial charge is 0.310 e. The fourth-order valence-corrected chi connectivity index (χ4v) is 6.06. The molecule has 1 fully saturated rings. The molecule has 0 radical (unpaired) electrons. The average Bonchev–Trinajstić information content (AvgIpc) is 3.05. The number of carbonyl (C=O) groups excluding carboxylic acids is 2. The van der Waals surface area contributed by atoms with Crippen LogP contribution in [0.3, 0.4) is 0 Å². The third kappa shape index (κ3) is 3.07. The lowest BCUT2D eigenvalue weighted by molar-refractivity contribution is -0.122. The van der Waals surface area contributed by atoms with Crippen molar-refractivity contribution in [3.05, 3.63) is 76.4 Å². The highest BCUT2D eigenvalue weighted by Crippen LogP contribution is 2.41. The zero-order valence-electron chi connectivity index (χ0n) is 17.2. The molecular formula is C24H22N2O4S. The van der Waals surface area contributed by atoms with Gasteiger partial charge in [0, 0.05) is 25.7 Å². The molecule has 3 aliphatic rings. The van der Waals surface area contributed by atoms with Crippen LogP contribution in [0.2, 0.25) is 0 Å². The van der Waals surface area contributed by atoms with E-state index in [9.17, 15) is 18.0 Å². The van der Waals surface area contributed by atoms with E-state index in [1.807, 2.05) is 12.1 Å². The zero-order valence-corrected chi connectivity index (χ0v) is 18.0. The van der Waals surface area contributed by atoms with Crippen LogP contribution in [-0.4, -0.2) is 49.5 Å². The zero-order chi connectivity index (χ0) is 21.8. The lowest BCUT2D eigenvalue weighted by Gasteiger charge is -2.26. The topological polar surface area (TPSA) is 74.8 Å². The van der Waals surface area contributed by atoms with Gasteiger partial charge in [-0.15, -0.1) is 0 Å². The van der Waals surface area contributed by atoms with Gasteiger partial charge in [-0.05, 0) is 42.2 Å².